The van der Waals surface area contributed by atoms with Crippen LogP contribution in [0.1, 0.15) is 45.8 Å². The minimum absolute atomic E-state index is 0.152. The molecule has 2 aromatic heterocycles. The summed E-state index contributed by atoms with van der Waals surface area (Å²) < 4.78 is 2.00. The minimum Gasteiger partial charge on any atom is -0.371 e. The maximum absolute atomic E-state index is 12.7. The second-order valence-corrected chi connectivity index (χ2v) is 7.57. The Balaban J connectivity index is 1.44. The number of aromatic nitrogens is 3. The summed E-state index contributed by atoms with van der Waals surface area (Å²) in [6, 6.07) is 14.1. The number of aryl methyl sites for hydroxylation is 1. The van der Waals surface area contributed by atoms with Gasteiger partial charge >= 0.3 is 0 Å². The summed E-state index contributed by atoms with van der Waals surface area (Å²) in [7, 11) is 0. The number of hydrogen-bond acceptors (Lipinski definition) is 4. The number of carbonyl (C=O) groups is 1. The van der Waals surface area contributed by atoms with Gasteiger partial charge in [-0.15, -0.1) is 0 Å². The van der Waals surface area contributed by atoms with Crippen molar-refractivity contribution in [3.63, 3.8) is 0 Å². The van der Waals surface area contributed by atoms with Gasteiger partial charge in [-0.05, 0) is 44.4 Å². The monoisotopic (exact) mass is 389 g/mol. The van der Waals surface area contributed by atoms with Crippen LogP contribution >= 0.6 is 0 Å². The van der Waals surface area contributed by atoms with Gasteiger partial charge in [0.15, 0.2) is 0 Å². The first-order chi connectivity index (χ1) is 14.1. The Kier molecular flexibility index (Phi) is 5.60. The fourth-order valence-electron chi connectivity index (χ4n) is 3.87. The highest BCUT2D eigenvalue weighted by atomic mass is 16.1. The van der Waals surface area contributed by atoms with Gasteiger partial charge in [0.25, 0.3) is 5.91 Å². The smallest absolute Gasteiger partial charge is 0.270 e. The summed E-state index contributed by atoms with van der Waals surface area (Å²) in [5, 5.41) is 7.68. The van der Waals surface area contributed by atoms with E-state index in [2.05, 4.69) is 39.4 Å². The molecule has 0 atom stereocenters. The van der Waals surface area contributed by atoms with E-state index in [0.717, 1.165) is 42.3 Å². The number of pyridine rings is 1. The van der Waals surface area contributed by atoms with E-state index in [4.69, 9.17) is 0 Å². The number of nitrogens with one attached hydrogen (secondary N) is 1. The number of anilines is 1. The molecule has 1 N–H and O–H groups in total. The molecular weight excluding hydrogens is 362 g/mol. The van der Waals surface area contributed by atoms with Crippen molar-refractivity contribution in [2.75, 3.05) is 18.0 Å². The summed E-state index contributed by atoms with van der Waals surface area (Å²) in [5.74, 6) is -0.152. The van der Waals surface area contributed by atoms with E-state index in [1.54, 1.807) is 6.20 Å². The average molecular weight is 390 g/mol. The van der Waals surface area contributed by atoms with Gasteiger partial charge in [-0.1, -0.05) is 30.3 Å². The number of hydrogen-bond donors (Lipinski definition) is 1. The van der Waals surface area contributed by atoms with Crippen molar-refractivity contribution < 1.29 is 4.79 Å². The molecule has 4 rings (SSSR count). The molecule has 1 aromatic carbocycles. The van der Waals surface area contributed by atoms with Gasteiger partial charge < -0.3 is 10.2 Å². The summed E-state index contributed by atoms with van der Waals surface area (Å²) in [4.78, 5) is 19.3. The molecule has 1 aliphatic heterocycles. The molecule has 1 saturated heterocycles. The number of carbonyl (C=O) groups excluding carboxylic acids is 1. The van der Waals surface area contributed by atoms with E-state index in [0.29, 0.717) is 12.2 Å². The Bertz CT molecular complexity index is 990. The Morgan fingerprint density at radius 3 is 2.62 bits per heavy atom. The molecule has 6 nitrogen and oxygen atoms in total. The highest BCUT2D eigenvalue weighted by Gasteiger charge is 2.17. The van der Waals surface area contributed by atoms with E-state index < -0.39 is 0 Å². The third-order valence-corrected chi connectivity index (χ3v) is 5.58. The van der Waals surface area contributed by atoms with Gasteiger partial charge in [-0.25, -0.2) is 0 Å². The molecule has 0 saturated carbocycles. The second kappa shape index (κ2) is 8.47. The Morgan fingerprint density at radius 1 is 1.10 bits per heavy atom. The minimum atomic E-state index is -0.152. The number of nitrogens with zero attached hydrogens (tertiary/aromatic N) is 4. The van der Waals surface area contributed by atoms with E-state index >= 15 is 0 Å². The molecule has 0 unspecified atom stereocenters. The molecule has 3 heterocycles. The van der Waals surface area contributed by atoms with Gasteiger partial charge in [-0.3, -0.25) is 14.5 Å². The van der Waals surface area contributed by atoms with Crippen LogP contribution in [-0.2, 0) is 13.1 Å². The third kappa shape index (κ3) is 4.31. The first-order valence-electron chi connectivity index (χ1n) is 10.2. The van der Waals surface area contributed by atoms with Crippen molar-refractivity contribution in [1.82, 2.24) is 20.1 Å². The number of amides is 1. The highest BCUT2D eigenvalue weighted by molar-refractivity contribution is 5.93. The van der Waals surface area contributed by atoms with Crippen molar-refractivity contribution in [2.45, 2.75) is 39.8 Å². The van der Waals surface area contributed by atoms with Crippen LogP contribution in [-0.4, -0.2) is 33.8 Å². The molecule has 150 valence electrons. The zero-order chi connectivity index (χ0) is 20.2. The van der Waals surface area contributed by atoms with Crippen LogP contribution in [0.25, 0.3) is 0 Å². The van der Waals surface area contributed by atoms with Crippen LogP contribution in [0.5, 0.6) is 0 Å². The summed E-state index contributed by atoms with van der Waals surface area (Å²) in [6.45, 7) is 7.30. The third-order valence-electron chi connectivity index (χ3n) is 5.58. The van der Waals surface area contributed by atoms with Gasteiger partial charge in [-0.2, -0.15) is 5.10 Å². The summed E-state index contributed by atoms with van der Waals surface area (Å²) in [6.07, 6.45) is 4.13. The summed E-state index contributed by atoms with van der Waals surface area (Å²) >= 11 is 0. The van der Waals surface area contributed by atoms with E-state index in [-0.39, 0.29) is 5.91 Å². The van der Waals surface area contributed by atoms with Crippen LogP contribution in [0.3, 0.4) is 0 Å². The van der Waals surface area contributed by atoms with Gasteiger partial charge in [0.1, 0.15) is 5.69 Å². The standard InChI is InChI=1S/C23H27N5O/c1-17-21(18(2)28(26-17)16-19-8-4-3-5-9-19)15-25-23(29)22-14-20(10-11-24-22)27-12-6-7-13-27/h3-5,8-11,14H,6-7,12-13,15-16H2,1-2H3,(H,25,29). The Labute approximate surface area is 171 Å². The first-order valence-corrected chi connectivity index (χ1v) is 10.2. The van der Waals surface area contributed by atoms with Gasteiger partial charge in [0, 0.05) is 42.8 Å². The van der Waals surface area contributed by atoms with Crippen molar-refractivity contribution in [3.8, 4) is 0 Å². The molecule has 29 heavy (non-hydrogen) atoms. The predicted molar refractivity (Wildman–Crippen MR) is 114 cm³/mol. The molecule has 0 aliphatic carbocycles. The number of benzene rings is 1. The SMILES string of the molecule is Cc1nn(Cc2ccccc2)c(C)c1CNC(=O)c1cc(N2CCCC2)ccn1. The second-order valence-electron chi connectivity index (χ2n) is 7.57. The zero-order valence-electron chi connectivity index (χ0n) is 17.1. The van der Waals surface area contributed by atoms with Crippen LogP contribution in [0, 0.1) is 13.8 Å². The Morgan fingerprint density at radius 2 is 1.86 bits per heavy atom. The lowest BCUT2D eigenvalue weighted by atomic mass is 10.2. The predicted octanol–water partition coefficient (Wildman–Crippen LogP) is 3.47. The van der Waals surface area contributed by atoms with Crippen LogP contribution in [0.15, 0.2) is 48.7 Å². The van der Waals surface area contributed by atoms with Crippen molar-refractivity contribution in [2.24, 2.45) is 0 Å². The fraction of sp³-hybridized carbons (Fsp3) is 0.348. The molecule has 0 bridgehead atoms. The Hall–Kier alpha value is -3.15. The topological polar surface area (TPSA) is 63.1 Å². The highest BCUT2D eigenvalue weighted by Crippen LogP contribution is 2.20. The zero-order valence-corrected chi connectivity index (χ0v) is 17.1. The molecule has 1 amide bonds. The lowest BCUT2D eigenvalue weighted by Gasteiger charge is -2.17. The molecule has 0 spiro atoms. The normalized spacial score (nSPS) is 13.7. The van der Waals surface area contributed by atoms with Gasteiger partial charge in [0.05, 0.1) is 12.2 Å². The molecule has 1 fully saturated rings. The van der Waals surface area contributed by atoms with E-state index in [9.17, 15) is 4.79 Å². The maximum Gasteiger partial charge on any atom is 0.270 e. The lowest BCUT2D eigenvalue weighted by molar-refractivity contribution is 0.0946. The maximum atomic E-state index is 12.7. The largest absolute Gasteiger partial charge is 0.371 e. The molecule has 3 aromatic rings. The van der Waals surface area contributed by atoms with Crippen molar-refractivity contribution in [3.05, 3.63) is 76.9 Å². The van der Waals surface area contributed by atoms with Crippen molar-refractivity contribution in [1.29, 1.82) is 0 Å². The van der Waals surface area contributed by atoms with E-state index in [1.807, 2.05) is 41.9 Å². The lowest BCUT2D eigenvalue weighted by Crippen LogP contribution is -2.25. The molecule has 0 radical (unpaired) electrons. The van der Waals surface area contributed by atoms with E-state index in [1.165, 1.54) is 18.4 Å². The average Bonchev–Trinajstić information content (AvgIpc) is 3.37. The fourth-order valence-corrected chi connectivity index (χ4v) is 3.87. The number of rotatable bonds is 6. The molecular formula is C23H27N5O. The molecule has 6 heteroatoms. The van der Waals surface area contributed by atoms with Gasteiger partial charge in [0.2, 0.25) is 0 Å². The van der Waals surface area contributed by atoms with Crippen molar-refractivity contribution >= 4 is 11.6 Å². The first kappa shape index (κ1) is 19.2. The van der Waals surface area contributed by atoms with Crippen LogP contribution in [0.4, 0.5) is 5.69 Å². The van der Waals surface area contributed by atoms with Crippen LogP contribution < -0.4 is 10.2 Å². The molecule has 1 aliphatic rings. The van der Waals surface area contributed by atoms with Crippen LogP contribution in [0.2, 0.25) is 0 Å². The summed E-state index contributed by atoms with van der Waals surface area (Å²) in [5.41, 5.74) is 5.82. The quantitative estimate of drug-likeness (QED) is 0.701.